The lowest BCUT2D eigenvalue weighted by molar-refractivity contribution is -0.385. The van der Waals surface area contributed by atoms with E-state index in [9.17, 15) is 14.9 Å². The maximum absolute atomic E-state index is 11.9. The Kier molecular flexibility index (Phi) is 6.64. The SMILES string of the molecule is CC(=Nn1c(-c2ccc3c(c2)NC(=O)CO3)csc1=Nc1cccc(C)c1C)c1ccc(C)c([N+](=O)[O-])c1. The normalized spacial score (nSPS) is 13.6. The predicted octanol–water partition coefficient (Wildman–Crippen LogP) is 5.89. The van der Waals surface area contributed by atoms with Crippen LogP contribution in [0.1, 0.15) is 29.2 Å². The third-order valence-electron chi connectivity index (χ3n) is 6.46. The van der Waals surface area contributed by atoms with Crippen molar-refractivity contribution in [2.45, 2.75) is 27.7 Å². The minimum absolute atomic E-state index is 0.0180. The molecule has 2 heterocycles. The molecule has 192 valence electrons. The van der Waals surface area contributed by atoms with Crippen LogP contribution in [0.15, 0.2) is 70.1 Å². The van der Waals surface area contributed by atoms with E-state index < -0.39 is 0 Å². The van der Waals surface area contributed by atoms with Crippen molar-refractivity contribution in [3.8, 4) is 17.0 Å². The number of nitrogens with zero attached hydrogens (tertiary/aromatic N) is 4. The molecule has 0 bridgehead atoms. The van der Waals surface area contributed by atoms with E-state index in [-0.39, 0.29) is 23.1 Å². The van der Waals surface area contributed by atoms with Crippen LogP contribution in [0.4, 0.5) is 17.1 Å². The van der Waals surface area contributed by atoms with Crippen LogP contribution in [0.25, 0.3) is 11.3 Å². The van der Waals surface area contributed by atoms with Gasteiger partial charge < -0.3 is 10.1 Å². The fourth-order valence-electron chi connectivity index (χ4n) is 4.11. The second kappa shape index (κ2) is 10.1. The number of rotatable bonds is 5. The number of thiazole rings is 1. The molecule has 0 fully saturated rings. The molecule has 0 spiro atoms. The highest BCUT2D eigenvalue weighted by atomic mass is 32.1. The third kappa shape index (κ3) is 4.85. The summed E-state index contributed by atoms with van der Waals surface area (Å²) in [7, 11) is 0. The first-order valence-corrected chi connectivity index (χ1v) is 12.8. The van der Waals surface area contributed by atoms with Crippen LogP contribution >= 0.6 is 11.3 Å². The summed E-state index contributed by atoms with van der Waals surface area (Å²) in [5, 5.41) is 21.2. The van der Waals surface area contributed by atoms with Crippen molar-refractivity contribution in [1.29, 1.82) is 0 Å². The second-order valence-electron chi connectivity index (χ2n) is 9.04. The van der Waals surface area contributed by atoms with Gasteiger partial charge in [-0.05, 0) is 63.1 Å². The number of hydrogen-bond acceptors (Lipinski definition) is 7. The van der Waals surface area contributed by atoms with Gasteiger partial charge in [-0.15, -0.1) is 11.3 Å². The van der Waals surface area contributed by atoms with E-state index in [0.717, 1.165) is 28.1 Å². The first kappa shape index (κ1) is 25.1. The number of nitrogens with one attached hydrogen (secondary N) is 1. The molecule has 0 radical (unpaired) electrons. The number of hydrogen-bond donors (Lipinski definition) is 1. The standard InChI is InChI=1S/C28H25N5O4S/c1-16-6-5-7-22(18(16)3)30-28-32(31-19(4)20-9-8-17(2)24(13-20)33(35)36)25(15-38-28)21-10-11-26-23(12-21)29-27(34)14-37-26/h5-13,15H,14H2,1-4H3,(H,29,34). The summed E-state index contributed by atoms with van der Waals surface area (Å²) in [6.45, 7) is 7.57. The van der Waals surface area contributed by atoms with Crippen molar-refractivity contribution < 1.29 is 14.5 Å². The molecule has 4 aromatic rings. The molecule has 3 aromatic carbocycles. The number of fused-ring (bicyclic) bond motifs is 1. The van der Waals surface area contributed by atoms with Gasteiger partial charge in [0.1, 0.15) is 5.75 Å². The average Bonchev–Trinajstić information content (AvgIpc) is 3.28. The van der Waals surface area contributed by atoms with Crippen LogP contribution in [0, 0.1) is 30.9 Å². The van der Waals surface area contributed by atoms with E-state index in [0.29, 0.717) is 33.1 Å². The molecular formula is C28H25N5O4S. The zero-order valence-electron chi connectivity index (χ0n) is 21.3. The monoisotopic (exact) mass is 527 g/mol. The molecule has 0 saturated carbocycles. The summed E-state index contributed by atoms with van der Waals surface area (Å²) < 4.78 is 7.25. The first-order chi connectivity index (χ1) is 18.2. The number of carbonyl (C=O) groups excluding carboxylic acids is 1. The molecule has 5 rings (SSSR count). The molecule has 0 unspecified atom stereocenters. The summed E-state index contributed by atoms with van der Waals surface area (Å²) >= 11 is 1.43. The Labute approximate surface area is 222 Å². The number of amides is 1. The lowest BCUT2D eigenvalue weighted by Gasteiger charge is -2.18. The van der Waals surface area contributed by atoms with E-state index in [1.54, 1.807) is 17.7 Å². The Hall–Kier alpha value is -4.57. The summed E-state index contributed by atoms with van der Waals surface area (Å²) in [6, 6.07) is 16.6. The lowest BCUT2D eigenvalue weighted by Crippen LogP contribution is -2.25. The zero-order chi connectivity index (χ0) is 27.0. The Balaban J connectivity index is 1.69. The Morgan fingerprint density at radius 3 is 2.71 bits per heavy atom. The predicted molar refractivity (Wildman–Crippen MR) is 148 cm³/mol. The smallest absolute Gasteiger partial charge is 0.272 e. The number of aryl methyl sites for hydroxylation is 2. The fourth-order valence-corrected chi connectivity index (χ4v) is 4.96. The first-order valence-electron chi connectivity index (χ1n) is 11.9. The van der Waals surface area contributed by atoms with Crippen molar-refractivity contribution in [2.24, 2.45) is 10.1 Å². The third-order valence-corrected chi connectivity index (χ3v) is 7.28. The molecule has 1 aliphatic rings. The maximum Gasteiger partial charge on any atom is 0.272 e. The van der Waals surface area contributed by atoms with Crippen molar-refractivity contribution >= 4 is 40.0 Å². The molecule has 1 N–H and O–H groups in total. The maximum atomic E-state index is 11.9. The van der Waals surface area contributed by atoms with Gasteiger partial charge in [-0.25, -0.2) is 9.67 Å². The van der Waals surface area contributed by atoms with Gasteiger partial charge in [0.25, 0.3) is 11.6 Å². The Morgan fingerprint density at radius 1 is 1.11 bits per heavy atom. The fraction of sp³-hybridized carbons (Fsp3) is 0.179. The van der Waals surface area contributed by atoms with Crippen molar-refractivity contribution in [2.75, 3.05) is 11.9 Å². The van der Waals surface area contributed by atoms with Crippen LogP contribution in [0.2, 0.25) is 0 Å². The van der Waals surface area contributed by atoms with Crippen LogP contribution in [0.5, 0.6) is 5.75 Å². The molecule has 38 heavy (non-hydrogen) atoms. The van der Waals surface area contributed by atoms with Crippen LogP contribution in [0.3, 0.4) is 0 Å². The number of nitro groups is 1. The molecule has 1 amide bonds. The molecule has 0 aliphatic carbocycles. The summed E-state index contributed by atoms with van der Waals surface area (Å²) in [5.41, 5.74) is 7.01. The van der Waals surface area contributed by atoms with Gasteiger partial charge in [-0.1, -0.05) is 24.3 Å². The molecular weight excluding hydrogens is 502 g/mol. The molecule has 1 aliphatic heterocycles. The van der Waals surface area contributed by atoms with Gasteiger partial charge in [0.15, 0.2) is 6.61 Å². The highest BCUT2D eigenvalue weighted by Crippen LogP contribution is 2.33. The van der Waals surface area contributed by atoms with Crippen molar-refractivity contribution in [3.63, 3.8) is 0 Å². The van der Waals surface area contributed by atoms with Gasteiger partial charge in [-0.3, -0.25) is 14.9 Å². The van der Waals surface area contributed by atoms with Gasteiger partial charge in [-0.2, -0.15) is 5.10 Å². The summed E-state index contributed by atoms with van der Waals surface area (Å²) in [5.74, 6) is 0.385. The minimum Gasteiger partial charge on any atom is -0.482 e. The van der Waals surface area contributed by atoms with Gasteiger partial charge in [0.2, 0.25) is 4.80 Å². The van der Waals surface area contributed by atoms with Gasteiger partial charge in [0, 0.05) is 28.1 Å². The quantitative estimate of drug-likeness (QED) is 0.198. The average molecular weight is 528 g/mol. The Morgan fingerprint density at radius 2 is 1.92 bits per heavy atom. The van der Waals surface area contributed by atoms with Crippen LogP contribution < -0.4 is 14.9 Å². The number of benzene rings is 3. The zero-order valence-corrected chi connectivity index (χ0v) is 22.1. The Bertz CT molecular complexity index is 1700. The molecule has 0 saturated heterocycles. The van der Waals surface area contributed by atoms with Crippen LogP contribution in [-0.2, 0) is 4.79 Å². The second-order valence-corrected chi connectivity index (χ2v) is 9.87. The molecule has 10 heteroatoms. The van der Waals surface area contributed by atoms with Gasteiger partial charge in [0.05, 0.1) is 27.7 Å². The van der Waals surface area contributed by atoms with Crippen LogP contribution in [-0.4, -0.2) is 27.8 Å². The molecule has 0 atom stereocenters. The van der Waals surface area contributed by atoms with E-state index in [4.69, 9.17) is 14.8 Å². The van der Waals surface area contributed by atoms with Crippen molar-refractivity contribution in [3.05, 3.63) is 97.1 Å². The number of anilines is 1. The lowest BCUT2D eigenvalue weighted by atomic mass is 10.1. The number of aromatic nitrogens is 1. The van der Waals surface area contributed by atoms with Gasteiger partial charge >= 0.3 is 0 Å². The summed E-state index contributed by atoms with van der Waals surface area (Å²) in [4.78, 5) is 28.6. The number of ether oxygens (including phenoxy) is 1. The van der Waals surface area contributed by atoms with Crippen molar-refractivity contribution in [1.82, 2.24) is 4.68 Å². The number of carbonyl (C=O) groups is 1. The highest BCUT2D eigenvalue weighted by Gasteiger charge is 2.19. The minimum atomic E-state index is -0.389. The number of nitro benzene ring substituents is 1. The van der Waals surface area contributed by atoms with E-state index >= 15 is 0 Å². The summed E-state index contributed by atoms with van der Waals surface area (Å²) in [6.07, 6.45) is 0. The molecule has 9 nitrogen and oxygen atoms in total. The van der Waals surface area contributed by atoms with E-state index in [1.807, 2.05) is 68.6 Å². The topological polar surface area (TPSA) is 111 Å². The van der Waals surface area contributed by atoms with E-state index in [2.05, 4.69) is 5.32 Å². The largest absolute Gasteiger partial charge is 0.482 e. The molecule has 1 aromatic heterocycles. The highest BCUT2D eigenvalue weighted by molar-refractivity contribution is 7.07. The van der Waals surface area contributed by atoms with E-state index in [1.165, 1.54) is 17.4 Å².